The lowest BCUT2D eigenvalue weighted by Crippen LogP contribution is -2.00. The zero-order valence-electron chi connectivity index (χ0n) is 11.7. The predicted octanol–water partition coefficient (Wildman–Crippen LogP) is 1.98. The number of aryl methyl sites for hydroxylation is 2. The Morgan fingerprint density at radius 3 is 2.33 bits per heavy atom. The average Bonchev–Trinajstić information content (AvgIpc) is 2.63. The largest absolute Gasteiger partial charge is 0.478 e. The molecule has 0 fully saturated rings. The molecule has 2 rings (SSSR count). The monoisotopic (exact) mass is 326 g/mol. The number of hydrogen-bond donors (Lipinski definition) is 1. The smallest absolute Gasteiger partial charge is 0.340 e. The molecule has 0 aliphatic heterocycles. The summed E-state index contributed by atoms with van der Waals surface area (Å²) in [5.41, 5.74) is 0.606. The van der Waals surface area contributed by atoms with Crippen LogP contribution in [0.15, 0.2) is 39.1 Å². The predicted molar refractivity (Wildman–Crippen MR) is 78.6 cm³/mol. The number of carboxylic acids is 1. The van der Waals surface area contributed by atoms with Crippen molar-refractivity contribution >= 4 is 27.6 Å². The molecule has 1 aromatic heterocycles. The molecule has 112 valence electrons. The fourth-order valence-corrected chi connectivity index (χ4v) is 3.50. The second kappa shape index (κ2) is 5.53. The van der Waals surface area contributed by atoms with Crippen LogP contribution in [0.3, 0.4) is 0 Å². The highest BCUT2D eigenvalue weighted by Gasteiger charge is 2.20. The molecule has 0 spiro atoms. The minimum atomic E-state index is -3.24. The van der Waals surface area contributed by atoms with Crippen LogP contribution in [-0.4, -0.2) is 35.5 Å². The van der Waals surface area contributed by atoms with Gasteiger partial charge in [0.25, 0.3) is 0 Å². The van der Waals surface area contributed by atoms with Crippen molar-refractivity contribution in [3.63, 3.8) is 0 Å². The van der Waals surface area contributed by atoms with E-state index in [1.54, 1.807) is 26.1 Å². The summed E-state index contributed by atoms with van der Waals surface area (Å²) < 4.78 is 24.3. The molecule has 1 N–H and O–H groups in total. The SMILES string of the molecule is Cc1nn(C)c(Sc2ccc(S(C)(=O)=O)cc2)c1C(=O)O. The number of benzene rings is 1. The summed E-state index contributed by atoms with van der Waals surface area (Å²) in [7, 11) is -1.57. The van der Waals surface area contributed by atoms with E-state index in [0.717, 1.165) is 11.2 Å². The first kappa shape index (κ1) is 15.6. The lowest BCUT2D eigenvalue weighted by Gasteiger charge is -2.05. The van der Waals surface area contributed by atoms with Crippen molar-refractivity contribution in [1.82, 2.24) is 9.78 Å². The van der Waals surface area contributed by atoms with Gasteiger partial charge < -0.3 is 5.11 Å². The maximum Gasteiger partial charge on any atom is 0.340 e. The molecule has 0 unspecified atom stereocenters. The van der Waals surface area contributed by atoms with Gasteiger partial charge in [-0.25, -0.2) is 13.2 Å². The number of hydrogen-bond acceptors (Lipinski definition) is 5. The fraction of sp³-hybridized carbons (Fsp3) is 0.231. The van der Waals surface area contributed by atoms with E-state index >= 15 is 0 Å². The van der Waals surface area contributed by atoms with Gasteiger partial charge in [-0.3, -0.25) is 4.68 Å². The number of nitrogens with zero attached hydrogens (tertiary/aromatic N) is 2. The molecular weight excluding hydrogens is 312 g/mol. The van der Waals surface area contributed by atoms with E-state index < -0.39 is 15.8 Å². The van der Waals surface area contributed by atoms with E-state index in [2.05, 4.69) is 5.10 Å². The van der Waals surface area contributed by atoms with Crippen LogP contribution >= 0.6 is 11.8 Å². The van der Waals surface area contributed by atoms with Gasteiger partial charge in [0.15, 0.2) is 9.84 Å². The van der Waals surface area contributed by atoms with Gasteiger partial charge in [0.2, 0.25) is 0 Å². The number of aromatic carboxylic acids is 1. The van der Waals surface area contributed by atoms with Gasteiger partial charge in [0.1, 0.15) is 10.6 Å². The Morgan fingerprint density at radius 1 is 1.29 bits per heavy atom. The van der Waals surface area contributed by atoms with Crippen molar-refractivity contribution in [2.24, 2.45) is 7.05 Å². The molecule has 0 aliphatic rings. The van der Waals surface area contributed by atoms with Crippen molar-refractivity contribution in [3.8, 4) is 0 Å². The minimum absolute atomic E-state index is 0.162. The Morgan fingerprint density at radius 2 is 1.86 bits per heavy atom. The normalized spacial score (nSPS) is 11.6. The molecule has 8 heteroatoms. The molecule has 0 amide bonds. The number of sulfone groups is 1. The molecule has 0 bridgehead atoms. The van der Waals surface area contributed by atoms with Crippen LogP contribution < -0.4 is 0 Å². The molecule has 6 nitrogen and oxygen atoms in total. The average molecular weight is 326 g/mol. The third kappa shape index (κ3) is 3.27. The van der Waals surface area contributed by atoms with E-state index in [0.29, 0.717) is 10.7 Å². The third-order valence-corrected chi connectivity index (χ3v) is 5.15. The van der Waals surface area contributed by atoms with Gasteiger partial charge in [-0.1, -0.05) is 11.8 Å². The first-order valence-electron chi connectivity index (χ1n) is 5.95. The van der Waals surface area contributed by atoms with Gasteiger partial charge in [0, 0.05) is 18.2 Å². The zero-order chi connectivity index (χ0) is 15.8. The summed E-state index contributed by atoms with van der Waals surface area (Å²) in [6.07, 6.45) is 1.14. The Balaban J connectivity index is 2.37. The van der Waals surface area contributed by atoms with E-state index in [9.17, 15) is 18.3 Å². The van der Waals surface area contributed by atoms with Crippen molar-refractivity contribution in [2.45, 2.75) is 21.7 Å². The van der Waals surface area contributed by atoms with Gasteiger partial charge in [-0.05, 0) is 31.2 Å². The summed E-state index contributed by atoms with van der Waals surface area (Å²) in [6, 6.07) is 6.30. The Bertz CT molecular complexity index is 792. The third-order valence-electron chi connectivity index (χ3n) is 2.85. The number of carbonyl (C=O) groups is 1. The molecule has 0 atom stereocenters. The van der Waals surface area contributed by atoms with Gasteiger partial charge in [-0.2, -0.15) is 5.10 Å². The zero-order valence-corrected chi connectivity index (χ0v) is 13.3. The quantitative estimate of drug-likeness (QED) is 0.924. The molecule has 1 aromatic carbocycles. The number of rotatable bonds is 4. The molecule has 0 saturated heterocycles. The first-order chi connectivity index (χ1) is 9.70. The highest BCUT2D eigenvalue weighted by Crippen LogP contribution is 2.32. The second-order valence-corrected chi connectivity index (χ2v) is 7.62. The van der Waals surface area contributed by atoms with Crippen LogP contribution in [0.4, 0.5) is 0 Å². The summed E-state index contributed by atoms with van der Waals surface area (Å²) in [4.78, 5) is 12.3. The summed E-state index contributed by atoms with van der Waals surface area (Å²) >= 11 is 1.23. The Kier molecular flexibility index (Phi) is 4.11. The maximum atomic E-state index is 11.4. The first-order valence-corrected chi connectivity index (χ1v) is 8.66. The standard InChI is InChI=1S/C13H14N2O4S2/c1-8-11(13(16)17)12(15(2)14-8)20-9-4-6-10(7-5-9)21(3,18)19/h4-7H,1-3H3,(H,16,17). The maximum absolute atomic E-state index is 11.4. The van der Waals surface area contributed by atoms with Crippen LogP contribution in [0, 0.1) is 6.92 Å². The fourth-order valence-electron chi connectivity index (χ4n) is 1.87. The van der Waals surface area contributed by atoms with Crippen molar-refractivity contribution in [3.05, 3.63) is 35.5 Å². The summed E-state index contributed by atoms with van der Waals surface area (Å²) in [5.74, 6) is -1.03. The van der Waals surface area contributed by atoms with E-state index in [-0.39, 0.29) is 10.5 Å². The highest BCUT2D eigenvalue weighted by atomic mass is 32.2. The van der Waals surface area contributed by atoms with Crippen molar-refractivity contribution < 1.29 is 18.3 Å². The molecule has 0 saturated carbocycles. The van der Waals surface area contributed by atoms with E-state index in [4.69, 9.17) is 0 Å². The molecule has 0 aliphatic carbocycles. The summed E-state index contributed by atoms with van der Waals surface area (Å²) in [6.45, 7) is 1.64. The molecule has 2 aromatic rings. The molecule has 0 radical (unpaired) electrons. The molecule has 1 heterocycles. The lowest BCUT2D eigenvalue weighted by molar-refractivity contribution is 0.0692. The second-order valence-electron chi connectivity index (χ2n) is 4.54. The topological polar surface area (TPSA) is 89.3 Å². The number of carboxylic acid groups (broad SMARTS) is 1. The van der Waals surface area contributed by atoms with Crippen molar-refractivity contribution in [1.29, 1.82) is 0 Å². The van der Waals surface area contributed by atoms with Crippen LogP contribution in [0.1, 0.15) is 16.1 Å². The molecular formula is C13H14N2O4S2. The minimum Gasteiger partial charge on any atom is -0.478 e. The van der Waals surface area contributed by atoms with Crippen LogP contribution in [0.5, 0.6) is 0 Å². The van der Waals surface area contributed by atoms with Crippen LogP contribution in [-0.2, 0) is 16.9 Å². The van der Waals surface area contributed by atoms with E-state index in [1.165, 1.54) is 28.6 Å². The highest BCUT2D eigenvalue weighted by molar-refractivity contribution is 7.99. The van der Waals surface area contributed by atoms with Gasteiger partial charge >= 0.3 is 5.97 Å². The lowest BCUT2D eigenvalue weighted by atomic mass is 10.3. The Labute approximate surface area is 126 Å². The summed E-state index contributed by atoms with van der Waals surface area (Å²) in [5, 5.41) is 13.9. The van der Waals surface area contributed by atoms with Crippen LogP contribution in [0.2, 0.25) is 0 Å². The number of aromatic nitrogens is 2. The Hall–Kier alpha value is -1.80. The van der Waals surface area contributed by atoms with Crippen LogP contribution in [0.25, 0.3) is 0 Å². The van der Waals surface area contributed by atoms with E-state index in [1.807, 2.05) is 0 Å². The molecule has 21 heavy (non-hydrogen) atoms. The van der Waals surface area contributed by atoms with Crippen molar-refractivity contribution in [2.75, 3.05) is 6.26 Å². The van der Waals surface area contributed by atoms with Gasteiger partial charge in [-0.15, -0.1) is 0 Å². The van der Waals surface area contributed by atoms with Gasteiger partial charge in [0.05, 0.1) is 10.6 Å².